The molecule has 0 aromatic heterocycles. The van der Waals surface area contributed by atoms with Gasteiger partial charge in [-0.25, -0.2) is 0 Å². The van der Waals surface area contributed by atoms with Gasteiger partial charge < -0.3 is 15.5 Å². The first-order chi connectivity index (χ1) is 14.4. The van der Waals surface area contributed by atoms with Crippen LogP contribution >= 0.6 is 11.6 Å². The number of nitrogens with zero attached hydrogens (tertiary/aromatic N) is 1. The first-order valence-electron chi connectivity index (χ1n) is 10.1. The van der Waals surface area contributed by atoms with Crippen molar-refractivity contribution in [3.8, 4) is 0 Å². The van der Waals surface area contributed by atoms with E-state index in [0.29, 0.717) is 41.5 Å². The Morgan fingerprint density at radius 3 is 2.53 bits per heavy atom. The molecule has 3 amide bonds. The number of aryl methyl sites for hydroxylation is 1. The standard InChI is InChI=1S/C23H26ClN3O3/c1-3-21(28)25-19-11-6-15(2)20(13-19)26-22(29)17-5-4-12-27(14-17)23(30)16-7-9-18(24)10-8-16/h6-11,13,17H,3-5,12,14H2,1-2H3,(H,25,28)(H,26,29). The molecule has 1 heterocycles. The lowest BCUT2D eigenvalue weighted by molar-refractivity contribution is -0.121. The Morgan fingerprint density at radius 2 is 1.83 bits per heavy atom. The molecule has 1 aliphatic heterocycles. The van der Waals surface area contributed by atoms with E-state index in [9.17, 15) is 14.4 Å². The molecule has 2 aromatic rings. The van der Waals surface area contributed by atoms with E-state index in [4.69, 9.17) is 11.6 Å². The van der Waals surface area contributed by atoms with Crippen LogP contribution in [0.3, 0.4) is 0 Å². The van der Waals surface area contributed by atoms with Gasteiger partial charge in [-0.3, -0.25) is 14.4 Å². The molecule has 30 heavy (non-hydrogen) atoms. The molecular formula is C23H26ClN3O3. The molecule has 2 aromatic carbocycles. The number of piperidine rings is 1. The van der Waals surface area contributed by atoms with E-state index in [1.54, 1.807) is 42.2 Å². The van der Waals surface area contributed by atoms with Crippen LogP contribution in [0.5, 0.6) is 0 Å². The smallest absolute Gasteiger partial charge is 0.253 e. The van der Waals surface area contributed by atoms with E-state index in [0.717, 1.165) is 18.4 Å². The average molecular weight is 428 g/mol. The Labute approximate surface area is 181 Å². The number of nitrogens with one attached hydrogen (secondary N) is 2. The van der Waals surface area contributed by atoms with E-state index >= 15 is 0 Å². The third-order valence-electron chi connectivity index (χ3n) is 5.27. The minimum Gasteiger partial charge on any atom is -0.338 e. The summed E-state index contributed by atoms with van der Waals surface area (Å²) in [6, 6.07) is 12.2. The third kappa shape index (κ3) is 5.39. The number of hydrogen-bond donors (Lipinski definition) is 2. The average Bonchev–Trinajstić information content (AvgIpc) is 2.76. The van der Waals surface area contributed by atoms with Crippen molar-refractivity contribution < 1.29 is 14.4 Å². The number of rotatable bonds is 5. The Kier molecular flexibility index (Phi) is 7.11. The minimum atomic E-state index is -0.289. The second-order valence-corrected chi connectivity index (χ2v) is 7.95. The third-order valence-corrected chi connectivity index (χ3v) is 5.52. The van der Waals surface area contributed by atoms with Gasteiger partial charge in [-0.05, 0) is 61.7 Å². The molecule has 2 N–H and O–H groups in total. The first-order valence-corrected chi connectivity index (χ1v) is 10.5. The highest BCUT2D eigenvalue weighted by atomic mass is 35.5. The summed E-state index contributed by atoms with van der Waals surface area (Å²) in [6.07, 6.45) is 1.87. The van der Waals surface area contributed by atoms with Crippen LogP contribution in [0.25, 0.3) is 0 Å². The molecule has 1 atom stereocenters. The topological polar surface area (TPSA) is 78.5 Å². The quantitative estimate of drug-likeness (QED) is 0.737. The van der Waals surface area contributed by atoms with Crippen LogP contribution < -0.4 is 10.6 Å². The zero-order chi connectivity index (χ0) is 21.7. The first kappa shape index (κ1) is 21.8. The predicted molar refractivity (Wildman–Crippen MR) is 119 cm³/mol. The molecule has 7 heteroatoms. The largest absolute Gasteiger partial charge is 0.338 e. The molecule has 0 spiro atoms. The van der Waals surface area contributed by atoms with Crippen LogP contribution in [-0.4, -0.2) is 35.7 Å². The number of carbonyl (C=O) groups excluding carboxylic acids is 3. The molecule has 6 nitrogen and oxygen atoms in total. The fourth-order valence-electron chi connectivity index (χ4n) is 3.47. The predicted octanol–water partition coefficient (Wildman–Crippen LogP) is 4.49. The summed E-state index contributed by atoms with van der Waals surface area (Å²) in [4.78, 5) is 39.0. The summed E-state index contributed by atoms with van der Waals surface area (Å²) in [7, 11) is 0. The van der Waals surface area contributed by atoms with Gasteiger partial charge in [0.05, 0.1) is 5.92 Å². The van der Waals surface area contributed by atoms with Crippen molar-refractivity contribution >= 4 is 40.7 Å². The van der Waals surface area contributed by atoms with Gasteiger partial charge in [0.2, 0.25) is 11.8 Å². The van der Waals surface area contributed by atoms with Gasteiger partial charge in [0.25, 0.3) is 5.91 Å². The molecule has 1 fully saturated rings. The van der Waals surface area contributed by atoms with Crippen molar-refractivity contribution in [2.45, 2.75) is 33.1 Å². The summed E-state index contributed by atoms with van der Waals surface area (Å²) in [6.45, 7) is 4.69. The highest BCUT2D eigenvalue weighted by Gasteiger charge is 2.29. The van der Waals surface area contributed by atoms with Gasteiger partial charge in [0, 0.05) is 41.5 Å². The van der Waals surface area contributed by atoms with E-state index in [1.807, 2.05) is 19.1 Å². The van der Waals surface area contributed by atoms with Gasteiger partial charge in [0.1, 0.15) is 0 Å². The lowest BCUT2D eigenvalue weighted by Crippen LogP contribution is -2.43. The molecule has 1 unspecified atom stereocenters. The second-order valence-electron chi connectivity index (χ2n) is 7.52. The van der Waals surface area contributed by atoms with E-state index in [2.05, 4.69) is 10.6 Å². The molecule has 3 rings (SSSR count). The fraction of sp³-hybridized carbons (Fsp3) is 0.348. The van der Waals surface area contributed by atoms with Crippen LogP contribution in [0.2, 0.25) is 5.02 Å². The number of halogens is 1. The van der Waals surface area contributed by atoms with E-state index < -0.39 is 0 Å². The fourth-order valence-corrected chi connectivity index (χ4v) is 3.60. The maximum Gasteiger partial charge on any atom is 0.253 e. The molecule has 1 aliphatic rings. The van der Waals surface area contributed by atoms with Gasteiger partial charge in [0.15, 0.2) is 0 Å². The number of amides is 3. The number of carbonyl (C=O) groups is 3. The molecule has 0 radical (unpaired) electrons. The van der Waals surface area contributed by atoms with Crippen molar-refractivity contribution in [2.24, 2.45) is 5.92 Å². The lowest BCUT2D eigenvalue weighted by atomic mass is 9.96. The van der Waals surface area contributed by atoms with Gasteiger partial charge in [-0.2, -0.15) is 0 Å². The molecule has 0 aliphatic carbocycles. The number of anilines is 2. The van der Waals surface area contributed by atoms with Crippen molar-refractivity contribution in [3.63, 3.8) is 0 Å². The molecular weight excluding hydrogens is 402 g/mol. The molecule has 1 saturated heterocycles. The number of hydrogen-bond acceptors (Lipinski definition) is 3. The molecule has 0 saturated carbocycles. The highest BCUT2D eigenvalue weighted by Crippen LogP contribution is 2.24. The Balaban J connectivity index is 1.67. The summed E-state index contributed by atoms with van der Waals surface area (Å²) in [5, 5.41) is 6.36. The molecule has 0 bridgehead atoms. The van der Waals surface area contributed by atoms with Crippen molar-refractivity contribution in [1.29, 1.82) is 0 Å². The van der Waals surface area contributed by atoms with Crippen LogP contribution in [0, 0.1) is 12.8 Å². The zero-order valence-corrected chi connectivity index (χ0v) is 18.0. The summed E-state index contributed by atoms with van der Waals surface area (Å²) < 4.78 is 0. The van der Waals surface area contributed by atoms with E-state index in [1.165, 1.54) is 0 Å². The van der Waals surface area contributed by atoms with Crippen LogP contribution in [0.15, 0.2) is 42.5 Å². The zero-order valence-electron chi connectivity index (χ0n) is 17.2. The highest BCUT2D eigenvalue weighted by molar-refractivity contribution is 6.30. The Morgan fingerprint density at radius 1 is 1.10 bits per heavy atom. The Hall–Kier alpha value is -2.86. The van der Waals surface area contributed by atoms with Crippen molar-refractivity contribution in [3.05, 3.63) is 58.6 Å². The maximum absolute atomic E-state index is 12.9. The Bertz CT molecular complexity index is 943. The number of benzene rings is 2. The van der Waals surface area contributed by atoms with Gasteiger partial charge in [-0.1, -0.05) is 24.6 Å². The summed E-state index contributed by atoms with van der Waals surface area (Å²) in [5.41, 5.74) is 2.78. The van der Waals surface area contributed by atoms with Crippen molar-refractivity contribution in [1.82, 2.24) is 4.90 Å². The van der Waals surface area contributed by atoms with E-state index in [-0.39, 0.29) is 23.6 Å². The number of likely N-dealkylation sites (tertiary alicyclic amines) is 1. The monoisotopic (exact) mass is 427 g/mol. The van der Waals surface area contributed by atoms with Crippen molar-refractivity contribution in [2.75, 3.05) is 23.7 Å². The molecule has 158 valence electrons. The van der Waals surface area contributed by atoms with Crippen LogP contribution in [0.1, 0.15) is 42.1 Å². The van der Waals surface area contributed by atoms with Crippen LogP contribution in [-0.2, 0) is 9.59 Å². The second kappa shape index (κ2) is 9.76. The lowest BCUT2D eigenvalue weighted by Gasteiger charge is -2.32. The summed E-state index contributed by atoms with van der Waals surface area (Å²) >= 11 is 5.90. The summed E-state index contributed by atoms with van der Waals surface area (Å²) in [5.74, 6) is -0.585. The normalized spacial score (nSPS) is 16.1. The van der Waals surface area contributed by atoms with Gasteiger partial charge >= 0.3 is 0 Å². The van der Waals surface area contributed by atoms with Crippen LogP contribution in [0.4, 0.5) is 11.4 Å². The van der Waals surface area contributed by atoms with Gasteiger partial charge in [-0.15, -0.1) is 0 Å². The maximum atomic E-state index is 12.9. The SMILES string of the molecule is CCC(=O)Nc1ccc(C)c(NC(=O)C2CCCN(C(=O)c3ccc(Cl)cc3)C2)c1. The minimum absolute atomic E-state index is 0.0836.